The number of carbonyl (C=O) groups excluding carboxylic acids is 1. The van der Waals surface area contributed by atoms with Crippen molar-refractivity contribution in [3.8, 4) is 34.5 Å². The van der Waals surface area contributed by atoms with Crippen LogP contribution >= 0.6 is 0 Å². The van der Waals surface area contributed by atoms with Crippen LogP contribution in [0, 0.1) is 0 Å². The summed E-state index contributed by atoms with van der Waals surface area (Å²) >= 11 is 0. The van der Waals surface area contributed by atoms with Crippen LogP contribution < -0.4 is 14.8 Å². The first-order chi connectivity index (χ1) is 15.2. The smallest absolute Gasteiger partial charge is 0.274 e. The van der Waals surface area contributed by atoms with Crippen LogP contribution in [0.25, 0.3) is 23.0 Å². The highest BCUT2D eigenvalue weighted by atomic mass is 16.5. The lowest BCUT2D eigenvalue weighted by Crippen LogP contribution is -2.27. The average molecular weight is 418 g/mol. The maximum absolute atomic E-state index is 12.6. The summed E-state index contributed by atoms with van der Waals surface area (Å²) in [7, 11) is 3.15. The van der Waals surface area contributed by atoms with Crippen molar-refractivity contribution in [1.29, 1.82) is 0 Å². The van der Waals surface area contributed by atoms with E-state index in [0.29, 0.717) is 35.5 Å². The number of benzene rings is 2. The molecule has 0 saturated carbocycles. The predicted molar refractivity (Wildman–Crippen MR) is 115 cm³/mol. The van der Waals surface area contributed by atoms with E-state index in [1.54, 1.807) is 25.0 Å². The van der Waals surface area contributed by atoms with Gasteiger partial charge in [0.2, 0.25) is 11.7 Å². The Labute approximate surface area is 179 Å². The van der Waals surface area contributed by atoms with Gasteiger partial charge >= 0.3 is 0 Å². The van der Waals surface area contributed by atoms with Crippen molar-refractivity contribution < 1.29 is 18.8 Å². The standard InChI is InChI=1S/C23H22N4O4/c1-29-19-12-6-10-17(21(19)30-2)14-24-20(28)15-27-13-7-11-18(27)23-25-22(26-31-23)16-8-4-3-5-9-16/h3-13H,14-15H2,1-2H3,(H,24,28). The van der Waals surface area contributed by atoms with Crippen molar-refractivity contribution in [3.05, 3.63) is 72.4 Å². The Bertz CT molecular complexity index is 1170. The van der Waals surface area contributed by atoms with Crippen LogP contribution in [0.4, 0.5) is 0 Å². The first-order valence-corrected chi connectivity index (χ1v) is 9.71. The summed E-state index contributed by atoms with van der Waals surface area (Å²) in [5.41, 5.74) is 2.36. The van der Waals surface area contributed by atoms with Crippen LogP contribution in [0.15, 0.2) is 71.4 Å². The second-order valence-electron chi connectivity index (χ2n) is 6.74. The van der Waals surface area contributed by atoms with E-state index < -0.39 is 0 Å². The Morgan fingerprint density at radius 1 is 1.03 bits per heavy atom. The molecule has 2 aromatic heterocycles. The fourth-order valence-corrected chi connectivity index (χ4v) is 3.28. The minimum Gasteiger partial charge on any atom is -0.493 e. The molecule has 1 N–H and O–H groups in total. The molecule has 8 nitrogen and oxygen atoms in total. The van der Waals surface area contributed by atoms with Crippen LogP contribution in [0.1, 0.15) is 5.56 Å². The minimum atomic E-state index is -0.162. The van der Waals surface area contributed by atoms with E-state index in [0.717, 1.165) is 11.1 Å². The van der Waals surface area contributed by atoms with Crippen LogP contribution in [0.5, 0.6) is 11.5 Å². The predicted octanol–water partition coefficient (Wildman–Crippen LogP) is 3.54. The lowest BCUT2D eigenvalue weighted by molar-refractivity contribution is -0.121. The quantitative estimate of drug-likeness (QED) is 0.471. The van der Waals surface area contributed by atoms with Gasteiger partial charge in [-0.1, -0.05) is 47.6 Å². The third kappa shape index (κ3) is 4.42. The molecule has 0 fully saturated rings. The van der Waals surface area contributed by atoms with Gasteiger partial charge in [-0.05, 0) is 18.2 Å². The molecule has 8 heteroatoms. The number of hydrogen-bond donors (Lipinski definition) is 1. The Morgan fingerprint density at radius 3 is 2.65 bits per heavy atom. The fraction of sp³-hybridized carbons (Fsp3) is 0.174. The molecule has 0 unspecified atom stereocenters. The Kier molecular flexibility index (Phi) is 5.98. The second kappa shape index (κ2) is 9.17. The molecule has 0 saturated heterocycles. The number of amides is 1. The van der Waals surface area contributed by atoms with Crippen molar-refractivity contribution >= 4 is 5.91 Å². The molecule has 2 heterocycles. The molecular formula is C23H22N4O4. The van der Waals surface area contributed by atoms with Crippen molar-refractivity contribution in [2.75, 3.05) is 14.2 Å². The third-order valence-electron chi connectivity index (χ3n) is 4.78. The van der Waals surface area contributed by atoms with Gasteiger partial charge in [0.25, 0.3) is 5.89 Å². The highest BCUT2D eigenvalue weighted by Crippen LogP contribution is 2.30. The number of nitrogens with zero attached hydrogens (tertiary/aromatic N) is 3. The Morgan fingerprint density at radius 2 is 1.87 bits per heavy atom. The number of rotatable bonds is 8. The molecule has 0 spiro atoms. The highest BCUT2D eigenvalue weighted by molar-refractivity contribution is 5.76. The molecule has 2 aromatic carbocycles. The molecule has 0 aliphatic heterocycles. The molecular weight excluding hydrogens is 396 g/mol. The van der Waals surface area contributed by atoms with Gasteiger partial charge in [-0.25, -0.2) is 0 Å². The van der Waals surface area contributed by atoms with Crippen molar-refractivity contribution in [3.63, 3.8) is 0 Å². The van der Waals surface area contributed by atoms with Gasteiger partial charge in [0.05, 0.1) is 14.2 Å². The number of ether oxygens (including phenoxy) is 2. The summed E-state index contributed by atoms with van der Waals surface area (Å²) in [6.07, 6.45) is 1.80. The molecule has 31 heavy (non-hydrogen) atoms. The highest BCUT2D eigenvalue weighted by Gasteiger charge is 2.16. The van der Waals surface area contributed by atoms with Gasteiger partial charge in [0, 0.05) is 23.9 Å². The summed E-state index contributed by atoms with van der Waals surface area (Å²) in [5, 5.41) is 6.96. The van der Waals surface area contributed by atoms with Crippen LogP contribution in [-0.4, -0.2) is 34.8 Å². The number of carbonyl (C=O) groups is 1. The average Bonchev–Trinajstić information content (AvgIpc) is 3.47. The summed E-state index contributed by atoms with van der Waals surface area (Å²) in [6.45, 7) is 0.423. The number of para-hydroxylation sites is 1. The van der Waals surface area contributed by atoms with E-state index in [-0.39, 0.29) is 12.5 Å². The summed E-state index contributed by atoms with van der Waals surface area (Å²) < 4.78 is 17.9. The van der Waals surface area contributed by atoms with E-state index in [1.165, 1.54) is 0 Å². The van der Waals surface area contributed by atoms with E-state index in [4.69, 9.17) is 14.0 Å². The lowest BCUT2D eigenvalue weighted by atomic mass is 10.2. The zero-order valence-corrected chi connectivity index (χ0v) is 17.2. The number of hydrogen-bond acceptors (Lipinski definition) is 6. The van der Waals surface area contributed by atoms with Crippen molar-refractivity contribution in [2.45, 2.75) is 13.1 Å². The zero-order valence-electron chi connectivity index (χ0n) is 17.2. The van der Waals surface area contributed by atoms with Gasteiger partial charge in [0.1, 0.15) is 12.2 Å². The van der Waals surface area contributed by atoms with Crippen molar-refractivity contribution in [2.24, 2.45) is 0 Å². The number of nitrogens with one attached hydrogen (secondary N) is 1. The monoisotopic (exact) mass is 418 g/mol. The SMILES string of the molecule is COc1cccc(CNC(=O)Cn2cccc2-c2nc(-c3ccccc3)no2)c1OC. The van der Waals surface area contributed by atoms with E-state index in [1.807, 2.05) is 60.7 Å². The maximum Gasteiger partial charge on any atom is 0.274 e. The van der Waals surface area contributed by atoms with Gasteiger partial charge in [0.15, 0.2) is 11.5 Å². The van der Waals surface area contributed by atoms with E-state index >= 15 is 0 Å². The molecule has 0 atom stereocenters. The summed E-state index contributed by atoms with van der Waals surface area (Å²) in [4.78, 5) is 17.0. The molecule has 0 aliphatic carbocycles. The Hall–Kier alpha value is -4.07. The minimum absolute atomic E-state index is 0.109. The van der Waals surface area contributed by atoms with Gasteiger partial charge in [-0.2, -0.15) is 4.98 Å². The molecule has 0 aliphatic rings. The largest absolute Gasteiger partial charge is 0.493 e. The van der Waals surface area contributed by atoms with Gasteiger partial charge in [-0.3, -0.25) is 4.79 Å². The first kappa shape index (κ1) is 20.2. The van der Waals surface area contributed by atoms with Gasteiger partial charge in [-0.15, -0.1) is 0 Å². The van der Waals surface area contributed by atoms with Crippen LogP contribution in [-0.2, 0) is 17.9 Å². The lowest BCUT2D eigenvalue weighted by Gasteiger charge is -2.13. The van der Waals surface area contributed by atoms with Gasteiger partial charge < -0.3 is 23.9 Å². The molecule has 1 amide bonds. The topological polar surface area (TPSA) is 91.4 Å². The molecule has 0 bridgehead atoms. The first-order valence-electron chi connectivity index (χ1n) is 9.71. The summed E-state index contributed by atoms with van der Waals surface area (Å²) in [6, 6.07) is 18.8. The third-order valence-corrected chi connectivity index (χ3v) is 4.78. The summed E-state index contributed by atoms with van der Waals surface area (Å²) in [5.74, 6) is 1.91. The fourth-order valence-electron chi connectivity index (χ4n) is 3.28. The molecule has 4 rings (SSSR count). The van der Waals surface area contributed by atoms with Crippen LogP contribution in [0.2, 0.25) is 0 Å². The number of methoxy groups -OCH3 is 2. The molecule has 0 radical (unpaired) electrons. The van der Waals surface area contributed by atoms with Crippen molar-refractivity contribution in [1.82, 2.24) is 20.0 Å². The molecule has 4 aromatic rings. The zero-order chi connectivity index (χ0) is 21.6. The maximum atomic E-state index is 12.6. The Balaban J connectivity index is 1.44. The molecule has 158 valence electrons. The number of aromatic nitrogens is 3. The normalized spacial score (nSPS) is 10.6. The van der Waals surface area contributed by atoms with E-state index in [2.05, 4.69) is 15.5 Å². The van der Waals surface area contributed by atoms with Crippen LogP contribution in [0.3, 0.4) is 0 Å². The second-order valence-corrected chi connectivity index (χ2v) is 6.74. The van der Waals surface area contributed by atoms with E-state index in [9.17, 15) is 4.79 Å².